The molecular formula is C60H52O4Si4. The molecule has 10 aromatic carbocycles. The van der Waals surface area contributed by atoms with Crippen LogP contribution in [0, 0.1) is 0 Å². The van der Waals surface area contributed by atoms with E-state index in [1.807, 2.05) is 158 Å². The molecule has 0 aliphatic rings. The SMILES string of the molecule is O[Si](O[Si](c1ccccc1)(c1ccccc1)c1ccccc1)(c1ccccc1)c1ccccc1.O[Si](O[Si](c1ccccc1)(c1ccccc1)c1ccccc1)(c1ccccc1)c1ccccc1. The van der Waals surface area contributed by atoms with Gasteiger partial charge in [-0.1, -0.05) is 303 Å². The molecule has 0 aromatic heterocycles. The van der Waals surface area contributed by atoms with E-state index in [0.29, 0.717) is 0 Å². The van der Waals surface area contributed by atoms with E-state index in [2.05, 4.69) is 146 Å². The van der Waals surface area contributed by atoms with Gasteiger partial charge in [0.15, 0.2) is 0 Å². The minimum atomic E-state index is -3.62. The third kappa shape index (κ3) is 9.41. The Balaban J connectivity index is 0.000000170. The highest BCUT2D eigenvalue weighted by atomic mass is 28.4. The van der Waals surface area contributed by atoms with Gasteiger partial charge in [-0.15, -0.1) is 0 Å². The van der Waals surface area contributed by atoms with Crippen molar-refractivity contribution in [2.75, 3.05) is 0 Å². The Morgan fingerprint density at radius 2 is 0.294 bits per heavy atom. The fourth-order valence-electron chi connectivity index (χ4n) is 9.06. The van der Waals surface area contributed by atoms with Crippen molar-refractivity contribution in [3.05, 3.63) is 303 Å². The molecule has 10 aromatic rings. The van der Waals surface area contributed by atoms with Gasteiger partial charge in [0.2, 0.25) is 0 Å². The molecule has 0 saturated heterocycles. The van der Waals surface area contributed by atoms with E-state index in [-0.39, 0.29) is 0 Å². The van der Waals surface area contributed by atoms with Gasteiger partial charge in [-0.05, 0) is 51.9 Å². The lowest BCUT2D eigenvalue weighted by Crippen LogP contribution is -2.77. The second-order valence-electron chi connectivity index (χ2n) is 16.5. The standard InChI is InChI=1S/2C30H26O2Si2/c2*31-34(29-22-12-4-13-23-29,30-24-14-5-15-25-30)32-33(26-16-6-1-7-17-26,27-18-8-2-9-19-27)28-20-10-3-11-21-28/h2*1-25,31H. The summed E-state index contributed by atoms with van der Waals surface area (Å²) in [7, 11) is -13.5. The van der Waals surface area contributed by atoms with Crippen LogP contribution < -0.4 is 51.9 Å². The zero-order valence-corrected chi connectivity index (χ0v) is 41.6. The lowest BCUT2D eigenvalue weighted by Gasteiger charge is -2.40. The van der Waals surface area contributed by atoms with Gasteiger partial charge in [0.25, 0.3) is 16.6 Å². The first-order valence-corrected chi connectivity index (χ1v) is 30.4. The molecule has 0 spiro atoms. The molecule has 0 amide bonds. The van der Waals surface area contributed by atoms with Crippen molar-refractivity contribution >= 4 is 85.6 Å². The Morgan fingerprint density at radius 1 is 0.176 bits per heavy atom. The van der Waals surface area contributed by atoms with Crippen molar-refractivity contribution < 1.29 is 17.8 Å². The molecule has 68 heavy (non-hydrogen) atoms. The van der Waals surface area contributed by atoms with E-state index >= 15 is 0 Å². The fraction of sp³-hybridized carbons (Fsp3) is 0. The quantitative estimate of drug-likeness (QED) is 0.107. The normalized spacial score (nSPS) is 11.8. The van der Waals surface area contributed by atoms with Crippen LogP contribution in [0.25, 0.3) is 0 Å². The molecular weight excluding hydrogens is 897 g/mol. The molecule has 0 aliphatic carbocycles. The summed E-state index contributed by atoms with van der Waals surface area (Å²) in [5.74, 6) is 0. The molecule has 2 N–H and O–H groups in total. The number of benzene rings is 10. The molecule has 10 rings (SSSR count). The highest BCUT2D eigenvalue weighted by molar-refractivity contribution is 7.14. The first-order valence-electron chi connectivity index (χ1n) is 22.9. The van der Waals surface area contributed by atoms with Crippen molar-refractivity contribution in [1.29, 1.82) is 0 Å². The third-order valence-corrected chi connectivity index (χ3v) is 28.5. The van der Waals surface area contributed by atoms with Crippen LogP contribution in [0.1, 0.15) is 0 Å². The van der Waals surface area contributed by atoms with Crippen LogP contribution in [0.4, 0.5) is 0 Å². The fourth-order valence-corrected chi connectivity index (χ4v) is 26.5. The highest BCUT2D eigenvalue weighted by Crippen LogP contribution is 2.19. The Hall–Kier alpha value is -7.09. The molecule has 0 unspecified atom stereocenters. The van der Waals surface area contributed by atoms with Crippen molar-refractivity contribution in [2.24, 2.45) is 0 Å². The second-order valence-corrected chi connectivity index (χ2v) is 29.2. The predicted molar refractivity (Wildman–Crippen MR) is 290 cm³/mol. The maximum atomic E-state index is 12.6. The summed E-state index contributed by atoms with van der Waals surface area (Å²) in [6.45, 7) is 0. The van der Waals surface area contributed by atoms with Crippen LogP contribution >= 0.6 is 0 Å². The molecule has 4 nitrogen and oxygen atoms in total. The number of rotatable bonds is 14. The number of hydrogen-bond acceptors (Lipinski definition) is 4. The zero-order valence-electron chi connectivity index (χ0n) is 37.6. The number of hydrogen-bond donors (Lipinski definition) is 2. The van der Waals surface area contributed by atoms with Gasteiger partial charge >= 0.3 is 17.1 Å². The Kier molecular flexibility index (Phi) is 14.4. The summed E-state index contributed by atoms with van der Waals surface area (Å²) in [6.07, 6.45) is 0. The van der Waals surface area contributed by atoms with Crippen molar-refractivity contribution in [3.8, 4) is 0 Å². The lowest BCUT2D eigenvalue weighted by atomic mass is 10.3. The van der Waals surface area contributed by atoms with Crippen LogP contribution in [0.2, 0.25) is 0 Å². The minimum absolute atomic E-state index is 0.834. The summed E-state index contributed by atoms with van der Waals surface area (Å²) < 4.78 is 14.8. The van der Waals surface area contributed by atoms with Crippen LogP contribution in [0.15, 0.2) is 303 Å². The van der Waals surface area contributed by atoms with E-state index in [4.69, 9.17) is 8.23 Å². The molecule has 0 saturated carbocycles. The summed E-state index contributed by atoms with van der Waals surface area (Å²) in [6, 6.07) is 102. The zero-order chi connectivity index (χ0) is 46.5. The van der Waals surface area contributed by atoms with Gasteiger partial charge in [-0.25, -0.2) is 0 Å². The summed E-state index contributed by atoms with van der Waals surface area (Å²) >= 11 is 0. The van der Waals surface area contributed by atoms with Gasteiger partial charge in [0, 0.05) is 0 Å². The molecule has 332 valence electrons. The Morgan fingerprint density at radius 3 is 0.426 bits per heavy atom. The second kappa shape index (κ2) is 21.3. The highest BCUT2D eigenvalue weighted by Gasteiger charge is 2.53. The van der Waals surface area contributed by atoms with E-state index in [9.17, 15) is 9.59 Å². The summed E-state index contributed by atoms with van der Waals surface area (Å²) in [4.78, 5) is 25.2. The summed E-state index contributed by atoms with van der Waals surface area (Å²) in [5.41, 5.74) is 0. The maximum Gasteiger partial charge on any atom is 0.394 e. The molecule has 0 fully saturated rings. The van der Waals surface area contributed by atoms with Crippen LogP contribution in [0.5, 0.6) is 0 Å². The van der Waals surface area contributed by atoms with Gasteiger partial charge in [-0.3, -0.25) is 0 Å². The first-order chi connectivity index (χ1) is 33.5. The van der Waals surface area contributed by atoms with Crippen molar-refractivity contribution in [3.63, 3.8) is 0 Å². The van der Waals surface area contributed by atoms with E-state index in [0.717, 1.165) is 51.9 Å². The molecule has 0 heterocycles. The predicted octanol–water partition coefficient (Wildman–Crippen LogP) is 5.84. The smallest absolute Gasteiger partial charge is 0.394 e. The molecule has 0 bridgehead atoms. The molecule has 0 atom stereocenters. The maximum absolute atomic E-state index is 12.6. The monoisotopic (exact) mass is 948 g/mol. The lowest BCUT2D eigenvalue weighted by molar-refractivity contribution is 0.414. The average molecular weight is 949 g/mol. The summed E-state index contributed by atoms with van der Waals surface area (Å²) in [5, 5.41) is 9.95. The van der Waals surface area contributed by atoms with Gasteiger partial charge in [-0.2, -0.15) is 0 Å². The van der Waals surface area contributed by atoms with Crippen LogP contribution in [-0.2, 0) is 8.23 Å². The van der Waals surface area contributed by atoms with E-state index in [1.165, 1.54) is 0 Å². The Bertz CT molecular complexity index is 2570. The van der Waals surface area contributed by atoms with Crippen molar-refractivity contribution in [2.45, 2.75) is 0 Å². The van der Waals surface area contributed by atoms with Gasteiger partial charge in [0.1, 0.15) is 0 Å². The van der Waals surface area contributed by atoms with Crippen molar-refractivity contribution in [1.82, 2.24) is 0 Å². The Labute approximate surface area is 404 Å². The van der Waals surface area contributed by atoms with Crippen LogP contribution in [-0.4, -0.2) is 43.3 Å². The topological polar surface area (TPSA) is 58.9 Å². The molecule has 8 heteroatoms. The van der Waals surface area contributed by atoms with E-state index in [1.54, 1.807) is 0 Å². The van der Waals surface area contributed by atoms with Crippen LogP contribution in [0.3, 0.4) is 0 Å². The average Bonchev–Trinajstić information content (AvgIpc) is 3.44. The molecule has 0 aliphatic heterocycles. The third-order valence-electron chi connectivity index (χ3n) is 12.3. The largest absolute Gasteiger partial charge is 0.418 e. The molecule has 0 radical (unpaired) electrons. The van der Waals surface area contributed by atoms with Gasteiger partial charge < -0.3 is 17.8 Å². The first kappa shape index (κ1) is 46.0. The minimum Gasteiger partial charge on any atom is -0.418 e. The van der Waals surface area contributed by atoms with E-state index < -0.39 is 33.8 Å². The van der Waals surface area contributed by atoms with Gasteiger partial charge in [0.05, 0.1) is 0 Å².